The SMILES string of the molecule is COc1ccc(Sc2nc3c(=O)n4cc(-c5ccccc5)[nH]c4nc3n2[C@@H]2OC3COP(=O)([O-])O[C@H]3C2O)cc1. The van der Waals surface area contributed by atoms with Gasteiger partial charge in [0.15, 0.2) is 22.5 Å². The molecule has 0 aliphatic carbocycles. The minimum Gasteiger partial charge on any atom is -0.756 e. The maximum atomic E-state index is 13.6. The van der Waals surface area contributed by atoms with E-state index in [0.29, 0.717) is 16.6 Å². The molecule has 5 aromatic rings. The smallest absolute Gasteiger partial charge is 0.287 e. The summed E-state index contributed by atoms with van der Waals surface area (Å²) in [5.74, 6) is 0.922. The summed E-state index contributed by atoms with van der Waals surface area (Å²) in [7, 11) is -3.03. The molecule has 0 radical (unpaired) electrons. The van der Waals surface area contributed by atoms with Crippen molar-refractivity contribution in [2.75, 3.05) is 13.7 Å². The topological polar surface area (TPSA) is 165 Å². The first-order valence-electron chi connectivity index (χ1n) is 12.2. The molecule has 7 rings (SSSR count). The zero-order chi connectivity index (χ0) is 27.6. The first-order chi connectivity index (χ1) is 19.3. The average Bonchev–Trinajstić information content (AvgIpc) is 3.63. The molecule has 5 heterocycles. The van der Waals surface area contributed by atoms with Gasteiger partial charge in [0.05, 0.1) is 19.4 Å². The van der Waals surface area contributed by atoms with E-state index in [1.807, 2.05) is 42.5 Å². The van der Waals surface area contributed by atoms with Crippen LogP contribution in [0.3, 0.4) is 0 Å². The molecule has 0 spiro atoms. The summed E-state index contributed by atoms with van der Waals surface area (Å²) < 4.78 is 35.9. The van der Waals surface area contributed by atoms with Gasteiger partial charge in [0, 0.05) is 11.1 Å². The van der Waals surface area contributed by atoms with E-state index in [4.69, 9.17) is 23.5 Å². The lowest BCUT2D eigenvalue weighted by atomic mass is 10.1. The van der Waals surface area contributed by atoms with E-state index in [9.17, 15) is 19.4 Å². The lowest BCUT2D eigenvalue weighted by Gasteiger charge is -2.34. The maximum Gasteiger partial charge on any atom is 0.287 e. The molecule has 2 aromatic carbocycles. The summed E-state index contributed by atoms with van der Waals surface area (Å²) in [4.78, 5) is 38.8. The van der Waals surface area contributed by atoms with E-state index >= 15 is 0 Å². The van der Waals surface area contributed by atoms with E-state index < -0.39 is 37.9 Å². The average molecular weight is 583 g/mol. The summed E-state index contributed by atoms with van der Waals surface area (Å²) in [6.45, 7) is -0.315. The van der Waals surface area contributed by atoms with Crippen molar-refractivity contribution in [2.24, 2.45) is 0 Å². The van der Waals surface area contributed by atoms with Crippen LogP contribution >= 0.6 is 19.6 Å². The van der Waals surface area contributed by atoms with E-state index in [1.54, 1.807) is 25.4 Å². The summed E-state index contributed by atoms with van der Waals surface area (Å²) >= 11 is 1.22. The van der Waals surface area contributed by atoms with Crippen molar-refractivity contribution < 1.29 is 33.1 Å². The molecule has 0 bridgehead atoms. The quantitative estimate of drug-likeness (QED) is 0.292. The number of methoxy groups -OCH3 is 1. The summed E-state index contributed by atoms with van der Waals surface area (Å²) in [5.41, 5.74) is 1.31. The Hall–Kier alpha value is -3.49. The summed E-state index contributed by atoms with van der Waals surface area (Å²) in [6, 6.07) is 16.7. The number of phosphoric acid groups is 1. The molecule has 206 valence electrons. The van der Waals surface area contributed by atoms with Gasteiger partial charge < -0.3 is 33.5 Å². The van der Waals surface area contributed by atoms with Crippen LogP contribution in [0.4, 0.5) is 0 Å². The molecule has 3 aromatic heterocycles. The number of nitrogens with zero attached hydrogens (tertiary/aromatic N) is 4. The number of fused-ring (bicyclic) bond motifs is 3. The van der Waals surface area contributed by atoms with Crippen molar-refractivity contribution in [3.05, 3.63) is 71.1 Å². The number of ether oxygens (including phenoxy) is 2. The highest BCUT2D eigenvalue weighted by molar-refractivity contribution is 7.99. The Kier molecular flexibility index (Phi) is 6.09. The van der Waals surface area contributed by atoms with Crippen LogP contribution in [0.15, 0.2) is 75.6 Å². The van der Waals surface area contributed by atoms with Gasteiger partial charge in [-0.1, -0.05) is 42.1 Å². The molecule has 2 saturated heterocycles. The van der Waals surface area contributed by atoms with Crippen LogP contribution in [0.5, 0.6) is 5.75 Å². The standard InChI is InChI=1S/C25H22N5O8PS/c1-35-14-7-9-15(10-8-14)40-25-27-18-21(30(25)23-19(31)20-17(37-23)12-36-39(33,34)38-20)28-24-26-16(11-29(24)22(18)32)13-5-3-2-4-6-13/h2-11,17,19-20,23,31H,12H2,1H3,(H,26,28)(H,33,34)/p-1/t17?,19?,20-,23-/m1/s1. The number of benzene rings is 2. The molecule has 2 aliphatic rings. The molecule has 13 nitrogen and oxygen atoms in total. The van der Waals surface area contributed by atoms with Gasteiger partial charge in [0.1, 0.15) is 24.1 Å². The predicted molar refractivity (Wildman–Crippen MR) is 140 cm³/mol. The summed E-state index contributed by atoms with van der Waals surface area (Å²) in [5, 5.41) is 11.5. The monoisotopic (exact) mass is 582 g/mol. The third kappa shape index (κ3) is 4.25. The van der Waals surface area contributed by atoms with Crippen LogP contribution in [0, 0.1) is 0 Å². The fourth-order valence-corrected chi connectivity index (χ4v) is 6.72. The molecule has 15 heteroatoms. The maximum absolute atomic E-state index is 13.6. The van der Waals surface area contributed by atoms with Crippen LogP contribution < -0.4 is 15.2 Å². The van der Waals surface area contributed by atoms with Crippen LogP contribution in [0.25, 0.3) is 28.2 Å². The Balaban J connectivity index is 1.38. The molecule has 2 aliphatic heterocycles. The van der Waals surface area contributed by atoms with E-state index in [-0.39, 0.29) is 23.5 Å². The number of nitrogens with one attached hydrogen (secondary N) is 1. The highest BCUT2D eigenvalue weighted by Crippen LogP contribution is 2.50. The number of hydrogen-bond donors (Lipinski definition) is 2. The predicted octanol–water partition coefficient (Wildman–Crippen LogP) is 2.34. The van der Waals surface area contributed by atoms with Gasteiger partial charge in [-0.05, 0) is 29.8 Å². The second-order valence-corrected chi connectivity index (χ2v) is 11.6. The fourth-order valence-electron chi connectivity index (χ4n) is 4.87. The van der Waals surface area contributed by atoms with Crippen molar-refractivity contribution in [3.63, 3.8) is 0 Å². The van der Waals surface area contributed by atoms with Crippen molar-refractivity contribution in [3.8, 4) is 17.0 Å². The van der Waals surface area contributed by atoms with Crippen molar-refractivity contribution in [2.45, 2.75) is 34.6 Å². The Morgan fingerprint density at radius 3 is 2.70 bits per heavy atom. The zero-order valence-electron chi connectivity index (χ0n) is 20.7. The zero-order valence-corrected chi connectivity index (χ0v) is 22.5. The largest absolute Gasteiger partial charge is 0.756 e. The molecule has 40 heavy (non-hydrogen) atoms. The first-order valence-corrected chi connectivity index (χ1v) is 14.5. The van der Waals surface area contributed by atoms with Gasteiger partial charge in [-0.15, -0.1) is 0 Å². The number of imidazole rings is 2. The molecule has 2 N–H and O–H groups in total. The first kappa shape index (κ1) is 25.5. The second-order valence-electron chi connectivity index (χ2n) is 9.23. The normalized spacial score (nSPS) is 26.4. The molecule has 3 unspecified atom stereocenters. The Morgan fingerprint density at radius 2 is 1.95 bits per heavy atom. The van der Waals surface area contributed by atoms with Gasteiger partial charge in [-0.25, -0.2) is 9.38 Å². The minimum atomic E-state index is -4.59. The molecule has 0 amide bonds. The van der Waals surface area contributed by atoms with Gasteiger partial charge in [-0.3, -0.25) is 13.9 Å². The highest BCUT2D eigenvalue weighted by Gasteiger charge is 2.51. The number of hydrogen-bond acceptors (Lipinski definition) is 11. The Bertz CT molecular complexity index is 1840. The number of rotatable bonds is 5. The van der Waals surface area contributed by atoms with Gasteiger partial charge in [0.25, 0.3) is 13.4 Å². The van der Waals surface area contributed by atoms with Gasteiger partial charge in [-0.2, -0.15) is 4.98 Å². The summed E-state index contributed by atoms with van der Waals surface area (Å²) in [6.07, 6.45) is -3.00. The fraction of sp³-hybridized carbons (Fsp3) is 0.240. The van der Waals surface area contributed by atoms with Crippen LogP contribution in [0.1, 0.15) is 6.23 Å². The van der Waals surface area contributed by atoms with Crippen LogP contribution in [-0.2, 0) is 18.3 Å². The van der Waals surface area contributed by atoms with E-state index in [1.165, 1.54) is 20.7 Å². The molecular weight excluding hydrogens is 561 g/mol. The number of H-pyrrole nitrogens is 1. The Labute approximate surface area is 229 Å². The third-order valence-corrected chi connectivity index (χ3v) is 8.73. The molecule has 0 saturated carbocycles. The minimum absolute atomic E-state index is 0.0458. The van der Waals surface area contributed by atoms with Gasteiger partial charge in [0.2, 0.25) is 5.78 Å². The third-order valence-electron chi connectivity index (χ3n) is 6.78. The van der Waals surface area contributed by atoms with Crippen molar-refractivity contribution >= 4 is 36.5 Å². The highest BCUT2D eigenvalue weighted by atomic mass is 32.2. The molecule has 5 atom stereocenters. The number of aromatic nitrogens is 5. The van der Waals surface area contributed by atoms with Crippen molar-refractivity contribution in [1.29, 1.82) is 0 Å². The Morgan fingerprint density at radius 1 is 1.18 bits per heavy atom. The number of aliphatic hydroxyl groups excluding tert-OH is 1. The van der Waals surface area contributed by atoms with E-state index in [2.05, 4.69) is 9.97 Å². The lowest BCUT2D eigenvalue weighted by molar-refractivity contribution is -0.245. The number of aromatic amines is 1. The lowest BCUT2D eigenvalue weighted by Crippen LogP contribution is -2.41. The molecule has 2 fully saturated rings. The van der Waals surface area contributed by atoms with E-state index in [0.717, 1.165) is 10.5 Å². The van der Waals surface area contributed by atoms with Gasteiger partial charge >= 0.3 is 0 Å². The second kappa shape index (κ2) is 9.56. The number of aliphatic hydroxyl groups is 1. The van der Waals surface area contributed by atoms with Crippen LogP contribution in [0.2, 0.25) is 0 Å². The number of phosphoric ester groups is 1. The van der Waals surface area contributed by atoms with Crippen molar-refractivity contribution in [1.82, 2.24) is 23.9 Å². The molecular formula is C25H21N5O8PS-. The van der Waals surface area contributed by atoms with Crippen LogP contribution in [-0.4, -0.2) is 61.1 Å².